The number of carbonyl (C=O) groups excluding carboxylic acids is 1. The van der Waals surface area contributed by atoms with Gasteiger partial charge in [0.2, 0.25) is 5.91 Å². The van der Waals surface area contributed by atoms with Crippen molar-refractivity contribution < 1.29 is 9.90 Å². The van der Waals surface area contributed by atoms with Crippen molar-refractivity contribution in [2.24, 2.45) is 0 Å². The summed E-state index contributed by atoms with van der Waals surface area (Å²) in [5, 5.41) is 12.7. The molecule has 1 heterocycles. The van der Waals surface area contributed by atoms with Crippen LogP contribution in [0.25, 0.3) is 0 Å². The predicted octanol–water partition coefficient (Wildman–Crippen LogP) is 3.13. The Morgan fingerprint density at radius 1 is 1.16 bits per heavy atom. The first-order valence-electron chi connectivity index (χ1n) is 8.94. The van der Waals surface area contributed by atoms with Crippen molar-refractivity contribution in [2.75, 3.05) is 18.4 Å². The van der Waals surface area contributed by atoms with Gasteiger partial charge in [-0.25, -0.2) is 0 Å². The molecule has 0 spiro atoms. The van der Waals surface area contributed by atoms with Crippen molar-refractivity contribution in [1.82, 2.24) is 4.90 Å². The first-order valence-corrected chi connectivity index (χ1v) is 8.94. The third-order valence-electron chi connectivity index (χ3n) is 4.69. The molecule has 0 atom stereocenters. The Labute approximate surface area is 149 Å². The van der Waals surface area contributed by atoms with E-state index in [1.807, 2.05) is 49.4 Å². The van der Waals surface area contributed by atoms with E-state index in [1.54, 1.807) is 0 Å². The summed E-state index contributed by atoms with van der Waals surface area (Å²) in [4.78, 5) is 14.8. The Morgan fingerprint density at radius 3 is 2.68 bits per heavy atom. The number of benzene rings is 2. The lowest BCUT2D eigenvalue weighted by molar-refractivity contribution is -0.115. The van der Waals surface area contributed by atoms with Gasteiger partial charge in [-0.3, -0.25) is 9.69 Å². The average Bonchev–Trinajstić information content (AvgIpc) is 2.58. The highest BCUT2D eigenvalue weighted by atomic mass is 16.3. The number of anilines is 1. The highest BCUT2D eigenvalue weighted by Crippen LogP contribution is 2.20. The van der Waals surface area contributed by atoms with E-state index in [1.165, 1.54) is 0 Å². The molecule has 1 saturated heterocycles. The highest BCUT2D eigenvalue weighted by molar-refractivity contribution is 5.93. The molecule has 0 aliphatic carbocycles. The average molecular weight is 338 g/mol. The summed E-state index contributed by atoms with van der Waals surface area (Å²) in [6.45, 7) is 4.62. The summed E-state index contributed by atoms with van der Waals surface area (Å²) < 4.78 is 0. The zero-order valence-electron chi connectivity index (χ0n) is 14.7. The zero-order chi connectivity index (χ0) is 17.6. The van der Waals surface area contributed by atoms with Gasteiger partial charge in [-0.2, -0.15) is 0 Å². The van der Waals surface area contributed by atoms with Gasteiger partial charge in [0.15, 0.2) is 0 Å². The molecule has 3 rings (SSSR count). The molecule has 4 heteroatoms. The smallest absolute Gasteiger partial charge is 0.228 e. The number of likely N-dealkylation sites (tertiary alicyclic amines) is 1. The van der Waals surface area contributed by atoms with Crippen LogP contribution < -0.4 is 5.32 Å². The van der Waals surface area contributed by atoms with Crippen molar-refractivity contribution in [3.63, 3.8) is 0 Å². The molecule has 0 unspecified atom stereocenters. The number of piperidine rings is 1. The maximum atomic E-state index is 12.4. The highest BCUT2D eigenvalue weighted by Gasteiger charge is 2.18. The number of amides is 1. The predicted molar refractivity (Wildman–Crippen MR) is 100 cm³/mol. The van der Waals surface area contributed by atoms with Crippen molar-refractivity contribution in [3.05, 3.63) is 65.2 Å². The number of aryl methyl sites for hydroxylation is 1. The standard InChI is InChI=1S/C21H26N2O2/c1-16-5-4-6-17(13-16)14-21(25)22-20-8-3-2-7-18(20)15-23-11-9-19(24)10-12-23/h2-8,13,19,24H,9-12,14-15H2,1H3,(H,22,25). The fraction of sp³-hybridized carbons (Fsp3) is 0.381. The third-order valence-corrected chi connectivity index (χ3v) is 4.69. The molecule has 4 nitrogen and oxygen atoms in total. The number of nitrogens with zero attached hydrogens (tertiary/aromatic N) is 1. The van der Waals surface area contributed by atoms with Gasteiger partial charge in [0.25, 0.3) is 0 Å². The van der Waals surface area contributed by atoms with E-state index >= 15 is 0 Å². The number of hydrogen-bond donors (Lipinski definition) is 2. The van der Waals surface area contributed by atoms with E-state index in [9.17, 15) is 9.90 Å². The maximum Gasteiger partial charge on any atom is 0.228 e. The topological polar surface area (TPSA) is 52.6 Å². The van der Waals surface area contributed by atoms with Crippen molar-refractivity contribution >= 4 is 11.6 Å². The van der Waals surface area contributed by atoms with Gasteiger partial charge in [-0.05, 0) is 37.0 Å². The number of hydrogen-bond acceptors (Lipinski definition) is 3. The minimum atomic E-state index is -0.166. The van der Waals surface area contributed by atoms with E-state index in [-0.39, 0.29) is 12.0 Å². The number of carbonyl (C=O) groups is 1. The third kappa shape index (κ3) is 5.15. The van der Waals surface area contributed by atoms with Crippen LogP contribution in [-0.4, -0.2) is 35.1 Å². The molecule has 2 N–H and O–H groups in total. The molecule has 2 aromatic rings. The molecular weight excluding hydrogens is 312 g/mol. The summed E-state index contributed by atoms with van der Waals surface area (Å²) in [6, 6.07) is 16.0. The van der Waals surface area contributed by atoms with Gasteiger partial charge < -0.3 is 10.4 Å². The molecule has 1 amide bonds. The summed E-state index contributed by atoms with van der Waals surface area (Å²) in [5.41, 5.74) is 4.20. The molecular formula is C21H26N2O2. The summed E-state index contributed by atoms with van der Waals surface area (Å²) in [6.07, 6.45) is 1.86. The van der Waals surface area contributed by atoms with Crippen LogP contribution in [0.1, 0.15) is 29.5 Å². The van der Waals surface area contributed by atoms with Crippen LogP contribution in [0.2, 0.25) is 0 Å². The maximum absolute atomic E-state index is 12.4. The van der Waals surface area contributed by atoms with Gasteiger partial charge >= 0.3 is 0 Å². The fourth-order valence-corrected chi connectivity index (χ4v) is 3.30. The normalized spacial score (nSPS) is 15.9. The summed E-state index contributed by atoms with van der Waals surface area (Å²) in [7, 11) is 0. The monoisotopic (exact) mass is 338 g/mol. The first kappa shape index (κ1) is 17.6. The molecule has 25 heavy (non-hydrogen) atoms. The molecule has 0 bridgehead atoms. The van der Waals surface area contributed by atoms with Crippen LogP contribution in [0.5, 0.6) is 0 Å². The van der Waals surface area contributed by atoms with Crippen molar-refractivity contribution in [3.8, 4) is 0 Å². The van der Waals surface area contributed by atoms with Crippen LogP contribution in [0, 0.1) is 6.92 Å². The number of para-hydroxylation sites is 1. The van der Waals surface area contributed by atoms with Gasteiger partial charge in [-0.1, -0.05) is 48.0 Å². The van der Waals surface area contributed by atoms with Gasteiger partial charge in [0.05, 0.1) is 12.5 Å². The Balaban J connectivity index is 1.63. The molecule has 1 fully saturated rings. The van der Waals surface area contributed by atoms with Crippen molar-refractivity contribution in [1.29, 1.82) is 0 Å². The van der Waals surface area contributed by atoms with Gasteiger partial charge in [0, 0.05) is 25.3 Å². The Bertz CT molecular complexity index is 721. The van der Waals surface area contributed by atoms with Crippen LogP contribution in [0.15, 0.2) is 48.5 Å². The largest absolute Gasteiger partial charge is 0.393 e. The number of aliphatic hydroxyl groups excluding tert-OH is 1. The van der Waals surface area contributed by atoms with Gasteiger partial charge in [-0.15, -0.1) is 0 Å². The van der Waals surface area contributed by atoms with E-state index in [0.717, 1.165) is 54.9 Å². The molecule has 2 aromatic carbocycles. The van der Waals surface area contributed by atoms with Crippen LogP contribution in [-0.2, 0) is 17.8 Å². The number of rotatable bonds is 5. The molecule has 1 aliphatic heterocycles. The van der Waals surface area contributed by atoms with E-state index in [0.29, 0.717) is 6.42 Å². The molecule has 132 valence electrons. The van der Waals surface area contributed by atoms with Crippen LogP contribution in [0.3, 0.4) is 0 Å². The minimum absolute atomic E-state index is 0.00659. The van der Waals surface area contributed by atoms with E-state index < -0.39 is 0 Å². The molecule has 0 aromatic heterocycles. The summed E-state index contributed by atoms with van der Waals surface area (Å²) in [5.74, 6) is 0.00659. The molecule has 1 aliphatic rings. The fourth-order valence-electron chi connectivity index (χ4n) is 3.30. The van der Waals surface area contributed by atoms with Crippen LogP contribution >= 0.6 is 0 Å². The van der Waals surface area contributed by atoms with Gasteiger partial charge in [0.1, 0.15) is 0 Å². The Kier molecular flexibility index (Phi) is 5.84. The van der Waals surface area contributed by atoms with E-state index in [4.69, 9.17) is 0 Å². The second-order valence-electron chi connectivity index (χ2n) is 6.88. The lowest BCUT2D eigenvalue weighted by atomic mass is 10.1. The zero-order valence-corrected chi connectivity index (χ0v) is 14.7. The Morgan fingerprint density at radius 2 is 1.92 bits per heavy atom. The quantitative estimate of drug-likeness (QED) is 0.881. The number of aliphatic hydroxyl groups is 1. The number of nitrogens with one attached hydrogen (secondary N) is 1. The first-order chi connectivity index (χ1) is 12.1. The second-order valence-corrected chi connectivity index (χ2v) is 6.88. The lowest BCUT2D eigenvalue weighted by Gasteiger charge is -2.30. The second kappa shape index (κ2) is 8.28. The minimum Gasteiger partial charge on any atom is -0.393 e. The van der Waals surface area contributed by atoms with E-state index in [2.05, 4.69) is 16.3 Å². The SMILES string of the molecule is Cc1cccc(CC(=O)Nc2ccccc2CN2CCC(O)CC2)c1. The van der Waals surface area contributed by atoms with Crippen LogP contribution in [0.4, 0.5) is 5.69 Å². The molecule has 0 radical (unpaired) electrons. The lowest BCUT2D eigenvalue weighted by Crippen LogP contribution is -2.35. The summed E-state index contributed by atoms with van der Waals surface area (Å²) >= 11 is 0. The molecule has 0 saturated carbocycles. The Hall–Kier alpha value is -2.17. The van der Waals surface area contributed by atoms with Crippen molar-refractivity contribution in [2.45, 2.75) is 38.8 Å².